The van der Waals surface area contributed by atoms with Crippen molar-refractivity contribution >= 4 is 29.5 Å². The van der Waals surface area contributed by atoms with Crippen LogP contribution in [0.3, 0.4) is 0 Å². The van der Waals surface area contributed by atoms with Crippen LogP contribution in [-0.2, 0) is 19.1 Å². The normalized spacial score (nSPS) is 22.8. The number of nitrogens with one attached hydrogen (secondary N) is 1. The molecule has 0 aliphatic carbocycles. The molecule has 2 saturated heterocycles. The van der Waals surface area contributed by atoms with Crippen LogP contribution in [-0.4, -0.2) is 46.0 Å². The van der Waals surface area contributed by atoms with Gasteiger partial charge in [-0.25, -0.2) is 4.79 Å². The van der Waals surface area contributed by atoms with Crippen LogP contribution in [0, 0.1) is 0 Å². The van der Waals surface area contributed by atoms with E-state index in [1.165, 1.54) is 0 Å². The van der Waals surface area contributed by atoms with Crippen molar-refractivity contribution in [2.24, 2.45) is 0 Å². The van der Waals surface area contributed by atoms with Crippen molar-refractivity contribution in [3.63, 3.8) is 0 Å². The highest BCUT2D eigenvalue weighted by Crippen LogP contribution is 2.47. The Labute approximate surface area is 180 Å². The van der Waals surface area contributed by atoms with Crippen LogP contribution >= 0.6 is 11.8 Å². The number of fused-ring (bicyclic) bond motifs is 1. The molecule has 2 aliphatic heterocycles. The lowest BCUT2D eigenvalue weighted by Gasteiger charge is -2.29. The number of benzene rings is 2. The molecule has 0 saturated carbocycles. The molecular formula is C23H24N2O4S. The van der Waals surface area contributed by atoms with Crippen molar-refractivity contribution in [3.05, 3.63) is 71.8 Å². The zero-order valence-electron chi connectivity index (χ0n) is 16.7. The van der Waals surface area contributed by atoms with Gasteiger partial charge in [-0.05, 0) is 24.5 Å². The average Bonchev–Trinajstić information content (AvgIpc) is 3.27. The number of ether oxygens (including phenoxy) is 1. The highest BCUT2D eigenvalue weighted by molar-refractivity contribution is 8.01. The minimum atomic E-state index is -0.623. The van der Waals surface area contributed by atoms with Crippen LogP contribution in [0.5, 0.6) is 0 Å². The van der Waals surface area contributed by atoms with Gasteiger partial charge < -0.3 is 15.0 Å². The van der Waals surface area contributed by atoms with Gasteiger partial charge >= 0.3 is 5.97 Å². The number of carbonyl (C=O) groups excluding carboxylic acids is 3. The van der Waals surface area contributed by atoms with Gasteiger partial charge in [0, 0.05) is 12.2 Å². The second-order valence-electron chi connectivity index (χ2n) is 7.70. The number of hydrogen-bond acceptors (Lipinski definition) is 5. The van der Waals surface area contributed by atoms with Crippen molar-refractivity contribution in [2.45, 2.75) is 36.7 Å². The van der Waals surface area contributed by atoms with Gasteiger partial charge in [0.25, 0.3) is 5.91 Å². The molecule has 0 unspecified atom stereocenters. The molecule has 0 spiro atoms. The van der Waals surface area contributed by atoms with Crippen molar-refractivity contribution in [1.29, 1.82) is 0 Å². The topological polar surface area (TPSA) is 75.7 Å². The Morgan fingerprint density at radius 3 is 2.33 bits per heavy atom. The standard InChI is InChI=1S/C23H24N2O4S/c1-23-13-12-20(27)25(23)18(15-30-23)22(28)29-14-19(26)24-21(16-8-4-2-5-9-16)17-10-6-3-7-11-17/h2-11,18,21H,12-15H2,1H3,(H,24,26)/t18-,23+/m0/s1. The van der Waals surface area contributed by atoms with E-state index in [1.807, 2.05) is 67.6 Å². The molecule has 2 atom stereocenters. The van der Waals surface area contributed by atoms with Gasteiger partial charge in [-0.3, -0.25) is 9.59 Å². The first-order chi connectivity index (χ1) is 14.5. The molecule has 2 aromatic rings. The van der Waals surface area contributed by atoms with E-state index < -0.39 is 12.0 Å². The summed E-state index contributed by atoms with van der Waals surface area (Å²) < 4.78 is 5.30. The maximum Gasteiger partial charge on any atom is 0.330 e. The zero-order valence-corrected chi connectivity index (χ0v) is 17.6. The molecule has 0 radical (unpaired) electrons. The van der Waals surface area contributed by atoms with Crippen molar-refractivity contribution in [1.82, 2.24) is 10.2 Å². The number of esters is 1. The second-order valence-corrected chi connectivity index (χ2v) is 9.20. The number of nitrogens with zero attached hydrogens (tertiary/aromatic N) is 1. The van der Waals surface area contributed by atoms with E-state index in [1.54, 1.807) is 16.7 Å². The highest BCUT2D eigenvalue weighted by atomic mass is 32.2. The summed E-state index contributed by atoms with van der Waals surface area (Å²) in [6.45, 7) is 1.60. The molecule has 0 aromatic heterocycles. The van der Waals surface area contributed by atoms with Gasteiger partial charge in [0.2, 0.25) is 5.91 Å². The summed E-state index contributed by atoms with van der Waals surface area (Å²) in [5.74, 6) is -0.434. The molecule has 2 heterocycles. The molecule has 2 amide bonds. The molecule has 2 fully saturated rings. The Hall–Kier alpha value is -2.80. The fourth-order valence-electron chi connectivity index (χ4n) is 4.08. The monoisotopic (exact) mass is 424 g/mol. The first-order valence-corrected chi connectivity index (χ1v) is 11.0. The maximum absolute atomic E-state index is 12.6. The molecule has 2 aliphatic rings. The second kappa shape index (κ2) is 8.52. The van der Waals surface area contributed by atoms with Crippen LogP contribution in [0.2, 0.25) is 0 Å². The van der Waals surface area contributed by atoms with E-state index in [4.69, 9.17) is 4.74 Å². The summed E-state index contributed by atoms with van der Waals surface area (Å²) in [6, 6.07) is 18.3. The first kappa shape index (κ1) is 20.5. The predicted molar refractivity (Wildman–Crippen MR) is 115 cm³/mol. The molecule has 0 bridgehead atoms. The molecular weight excluding hydrogens is 400 g/mol. The number of carbonyl (C=O) groups is 3. The quantitative estimate of drug-likeness (QED) is 0.722. The minimum Gasteiger partial charge on any atom is -0.454 e. The van der Waals surface area contributed by atoms with Crippen LogP contribution < -0.4 is 5.32 Å². The highest BCUT2D eigenvalue weighted by Gasteiger charge is 2.53. The Bertz CT molecular complexity index is 897. The number of thioether (sulfide) groups is 1. The summed E-state index contributed by atoms with van der Waals surface area (Å²) in [5, 5.41) is 2.96. The van der Waals surface area contributed by atoms with Gasteiger partial charge in [-0.1, -0.05) is 60.7 Å². The van der Waals surface area contributed by atoms with Crippen LogP contribution in [0.1, 0.15) is 36.9 Å². The smallest absolute Gasteiger partial charge is 0.330 e. The van der Waals surface area contributed by atoms with E-state index >= 15 is 0 Å². The van der Waals surface area contributed by atoms with Crippen molar-refractivity contribution in [2.75, 3.05) is 12.4 Å². The van der Waals surface area contributed by atoms with Gasteiger partial charge in [0.05, 0.1) is 10.9 Å². The van der Waals surface area contributed by atoms with E-state index in [9.17, 15) is 14.4 Å². The van der Waals surface area contributed by atoms with Crippen LogP contribution in [0.25, 0.3) is 0 Å². The lowest BCUT2D eigenvalue weighted by atomic mass is 9.99. The van der Waals surface area contributed by atoms with Gasteiger partial charge in [-0.15, -0.1) is 11.8 Å². The van der Waals surface area contributed by atoms with Crippen molar-refractivity contribution in [3.8, 4) is 0 Å². The summed E-state index contributed by atoms with van der Waals surface area (Å²) >= 11 is 1.60. The molecule has 156 valence electrons. The first-order valence-electron chi connectivity index (χ1n) is 10.00. The summed E-state index contributed by atoms with van der Waals surface area (Å²) in [5.41, 5.74) is 1.88. The number of hydrogen-bond donors (Lipinski definition) is 1. The molecule has 6 nitrogen and oxygen atoms in total. The Balaban J connectivity index is 1.40. The fraction of sp³-hybridized carbons (Fsp3) is 0.348. The third-order valence-electron chi connectivity index (χ3n) is 5.63. The average molecular weight is 425 g/mol. The summed E-state index contributed by atoms with van der Waals surface area (Å²) in [4.78, 5) is 38.7. The Morgan fingerprint density at radius 2 is 1.73 bits per heavy atom. The summed E-state index contributed by atoms with van der Waals surface area (Å²) in [7, 11) is 0. The van der Waals surface area contributed by atoms with Gasteiger partial charge in [0.1, 0.15) is 6.04 Å². The third kappa shape index (κ3) is 4.07. The lowest BCUT2D eigenvalue weighted by molar-refractivity contribution is -0.156. The molecule has 1 N–H and O–H groups in total. The molecule has 2 aromatic carbocycles. The predicted octanol–water partition coefficient (Wildman–Crippen LogP) is 2.89. The van der Waals surface area contributed by atoms with E-state index in [2.05, 4.69) is 5.32 Å². The minimum absolute atomic E-state index is 0.0258. The Morgan fingerprint density at radius 1 is 1.13 bits per heavy atom. The largest absolute Gasteiger partial charge is 0.454 e. The van der Waals surface area contributed by atoms with E-state index in [-0.39, 0.29) is 29.3 Å². The van der Waals surface area contributed by atoms with Crippen LogP contribution in [0.15, 0.2) is 60.7 Å². The SMILES string of the molecule is C[C@@]12CCC(=O)N1[C@H](C(=O)OCC(=O)NC(c1ccccc1)c1ccccc1)CS2. The Kier molecular flexibility index (Phi) is 5.81. The van der Waals surface area contributed by atoms with Gasteiger partial charge in [-0.2, -0.15) is 0 Å². The molecule has 30 heavy (non-hydrogen) atoms. The number of amides is 2. The maximum atomic E-state index is 12.6. The summed E-state index contributed by atoms with van der Waals surface area (Å²) in [6.07, 6.45) is 1.18. The fourth-order valence-corrected chi connectivity index (χ4v) is 5.50. The van der Waals surface area contributed by atoms with Crippen LogP contribution in [0.4, 0.5) is 0 Å². The van der Waals surface area contributed by atoms with Crippen molar-refractivity contribution < 1.29 is 19.1 Å². The third-order valence-corrected chi connectivity index (χ3v) is 7.14. The number of rotatable bonds is 6. The van der Waals surface area contributed by atoms with Gasteiger partial charge in [0.15, 0.2) is 6.61 Å². The lowest BCUT2D eigenvalue weighted by Crippen LogP contribution is -2.47. The molecule has 4 rings (SSSR count). The zero-order chi connectivity index (χ0) is 21.1. The molecule has 7 heteroatoms. The van der Waals surface area contributed by atoms with E-state index in [0.29, 0.717) is 12.2 Å². The van der Waals surface area contributed by atoms with E-state index in [0.717, 1.165) is 17.5 Å².